The average molecular weight is 391 g/mol. The molecule has 1 saturated heterocycles. The molecule has 0 atom stereocenters. The van der Waals surface area contributed by atoms with Crippen molar-refractivity contribution in [3.8, 4) is 0 Å². The summed E-state index contributed by atoms with van der Waals surface area (Å²) in [6.07, 6.45) is 1.95. The average Bonchev–Trinajstić information content (AvgIpc) is 2.99. The molecule has 0 bridgehead atoms. The molecule has 6 nitrogen and oxygen atoms in total. The fourth-order valence-electron chi connectivity index (χ4n) is 4.03. The smallest absolute Gasteiger partial charge is 0.261 e. The van der Waals surface area contributed by atoms with Gasteiger partial charge in [-0.25, -0.2) is 0 Å². The second kappa shape index (κ2) is 8.57. The van der Waals surface area contributed by atoms with Gasteiger partial charge in [-0.15, -0.1) is 0 Å². The van der Waals surface area contributed by atoms with Crippen LogP contribution in [0.3, 0.4) is 0 Å². The summed E-state index contributed by atoms with van der Waals surface area (Å²) in [7, 11) is 0. The third-order valence-corrected chi connectivity index (χ3v) is 5.64. The summed E-state index contributed by atoms with van der Waals surface area (Å²) in [6, 6.07) is 17.3. The monoisotopic (exact) mass is 391 g/mol. The van der Waals surface area contributed by atoms with Crippen molar-refractivity contribution in [1.82, 2.24) is 15.1 Å². The van der Waals surface area contributed by atoms with Gasteiger partial charge in [-0.3, -0.25) is 24.2 Å². The summed E-state index contributed by atoms with van der Waals surface area (Å²) in [5.74, 6) is -0.733. The van der Waals surface area contributed by atoms with Crippen LogP contribution in [-0.2, 0) is 11.3 Å². The van der Waals surface area contributed by atoms with Gasteiger partial charge in [-0.05, 0) is 30.5 Å². The largest absolute Gasteiger partial charge is 0.353 e. The first kappa shape index (κ1) is 19.3. The Bertz CT molecular complexity index is 870. The number of likely N-dealkylation sites (tertiary alicyclic amines) is 1. The van der Waals surface area contributed by atoms with Crippen molar-refractivity contribution >= 4 is 17.7 Å². The van der Waals surface area contributed by atoms with Crippen molar-refractivity contribution in [3.63, 3.8) is 0 Å². The summed E-state index contributed by atoms with van der Waals surface area (Å²) in [4.78, 5) is 40.7. The van der Waals surface area contributed by atoms with E-state index in [-0.39, 0.29) is 36.7 Å². The van der Waals surface area contributed by atoms with E-state index in [0.29, 0.717) is 11.1 Å². The van der Waals surface area contributed by atoms with Crippen LogP contribution in [0.1, 0.15) is 45.5 Å². The Labute approximate surface area is 170 Å². The number of carbonyl (C=O) groups is 3. The van der Waals surface area contributed by atoms with E-state index in [1.54, 1.807) is 24.3 Å². The highest BCUT2D eigenvalue weighted by Crippen LogP contribution is 2.22. The lowest BCUT2D eigenvalue weighted by Crippen LogP contribution is -2.45. The number of imide groups is 1. The second-order valence-corrected chi connectivity index (χ2v) is 7.66. The first-order valence-electron chi connectivity index (χ1n) is 10.1. The number of fused-ring (bicyclic) bond motifs is 1. The van der Waals surface area contributed by atoms with Crippen LogP contribution in [0.2, 0.25) is 0 Å². The molecule has 1 fully saturated rings. The molecule has 3 amide bonds. The molecule has 6 heteroatoms. The number of hydrogen-bond acceptors (Lipinski definition) is 4. The number of hydrogen-bond donors (Lipinski definition) is 1. The molecule has 2 aliphatic heterocycles. The Balaban J connectivity index is 1.21. The molecule has 0 unspecified atom stereocenters. The molecule has 0 aliphatic carbocycles. The molecular weight excluding hydrogens is 366 g/mol. The van der Waals surface area contributed by atoms with Crippen molar-refractivity contribution in [2.75, 3.05) is 19.6 Å². The number of nitrogens with one attached hydrogen (secondary N) is 1. The number of carbonyl (C=O) groups excluding carboxylic acids is 3. The maximum atomic E-state index is 12.4. The van der Waals surface area contributed by atoms with Crippen LogP contribution in [0, 0.1) is 0 Å². The molecule has 1 N–H and O–H groups in total. The van der Waals surface area contributed by atoms with E-state index in [0.717, 1.165) is 32.5 Å². The van der Waals surface area contributed by atoms with Crippen LogP contribution in [0.15, 0.2) is 54.6 Å². The highest BCUT2D eigenvalue weighted by molar-refractivity contribution is 6.21. The van der Waals surface area contributed by atoms with Gasteiger partial charge in [-0.1, -0.05) is 42.5 Å². The molecule has 0 spiro atoms. The van der Waals surface area contributed by atoms with E-state index in [4.69, 9.17) is 0 Å². The van der Waals surface area contributed by atoms with Crippen molar-refractivity contribution in [3.05, 3.63) is 71.3 Å². The minimum absolute atomic E-state index is 0.108. The Morgan fingerprint density at radius 2 is 1.48 bits per heavy atom. The molecule has 4 rings (SSSR count). The quantitative estimate of drug-likeness (QED) is 0.768. The lowest BCUT2D eigenvalue weighted by molar-refractivity contribution is -0.122. The van der Waals surface area contributed by atoms with Crippen LogP contribution in [0.5, 0.6) is 0 Å². The molecule has 0 saturated carbocycles. The highest BCUT2D eigenvalue weighted by Gasteiger charge is 2.35. The molecule has 150 valence electrons. The topological polar surface area (TPSA) is 69.7 Å². The summed E-state index contributed by atoms with van der Waals surface area (Å²) < 4.78 is 0. The van der Waals surface area contributed by atoms with Gasteiger partial charge in [-0.2, -0.15) is 0 Å². The highest BCUT2D eigenvalue weighted by atomic mass is 16.2. The van der Waals surface area contributed by atoms with E-state index in [9.17, 15) is 14.4 Å². The zero-order valence-electron chi connectivity index (χ0n) is 16.3. The molecule has 2 heterocycles. The standard InChI is InChI=1S/C23H25N3O3/c27-21(12-15-26-22(28)19-8-4-5-9-20(19)23(26)29)24-18-10-13-25(14-11-18)16-17-6-2-1-3-7-17/h1-9,18H,10-16H2,(H,24,27). The fraction of sp³-hybridized carbons (Fsp3) is 0.348. The lowest BCUT2D eigenvalue weighted by atomic mass is 10.0. The van der Waals surface area contributed by atoms with E-state index in [2.05, 4.69) is 34.5 Å². The first-order chi connectivity index (χ1) is 14.1. The van der Waals surface area contributed by atoms with Crippen molar-refractivity contribution < 1.29 is 14.4 Å². The summed E-state index contributed by atoms with van der Waals surface area (Å²) in [6.45, 7) is 2.93. The zero-order valence-corrected chi connectivity index (χ0v) is 16.3. The van der Waals surface area contributed by atoms with Crippen molar-refractivity contribution in [1.29, 1.82) is 0 Å². The number of nitrogens with zero attached hydrogens (tertiary/aromatic N) is 2. The lowest BCUT2D eigenvalue weighted by Gasteiger charge is -2.32. The Morgan fingerprint density at radius 1 is 0.897 bits per heavy atom. The maximum Gasteiger partial charge on any atom is 0.261 e. The predicted octanol–water partition coefficient (Wildman–Crippen LogP) is 2.45. The molecule has 2 aliphatic rings. The van der Waals surface area contributed by atoms with Crippen molar-refractivity contribution in [2.24, 2.45) is 0 Å². The second-order valence-electron chi connectivity index (χ2n) is 7.66. The van der Waals surface area contributed by atoms with E-state index < -0.39 is 0 Å². The molecular formula is C23H25N3O3. The van der Waals surface area contributed by atoms with Gasteiger partial charge in [0.1, 0.15) is 0 Å². The molecule has 0 radical (unpaired) electrons. The van der Waals surface area contributed by atoms with E-state index in [1.807, 2.05) is 6.07 Å². The molecule has 2 aromatic rings. The Hall–Kier alpha value is -2.99. The third kappa shape index (κ3) is 4.38. The summed E-state index contributed by atoms with van der Waals surface area (Å²) >= 11 is 0. The van der Waals surface area contributed by atoms with Gasteiger partial charge in [0, 0.05) is 38.6 Å². The number of benzene rings is 2. The third-order valence-electron chi connectivity index (χ3n) is 5.64. The van der Waals surface area contributed by atoms with Crippen LogP contribution < -0.4 is 5.32 Å². The fourth-order valence-corrected chi connectivity index (χ4v) is 4.03. The molecule has 2 aromatic carbocycles. The SMILES string of the molecule is O=C(CCN1C(=O)c2ccccc2C1=O)NC1CCN(Cc2ccccc2)CC1. The van der Waals surface area contributed by atoms with Crippen LogP contribution in [-0.4, -0.2) is 53.2 Å². The molecule has 0 aromatic heterocycles. The normalized spacial score (nSPS) is 17.4. The molecule has 29 heavy (non-hydrogen) atoms. The summed E-state index contributed by atoms with van der Waals surface area (Å²) in [5, 5.41) is 3.06. The van der Waals surface area contributed by atoms with Crippen molar-refractivity contribution in [2.45, 2.75) is 31.8 Å². The van der Waals surface area contributed by atoms with Crippen LogP contribution >= 0.6 is 0 Å². The van der Waals surface area contributed by atoms with Crippen LogP contribution in [0.25, 0.3) is 0 Å². The van der Waals surface area contributed by atoms with E-state index in [1.165, 1.54) is 10.5 Å². The number of amides is 3. The van der Waals surface area contributed by atoms with Gasteiger partial charge in [0.05, 0.1) is 11.1 Å². The Kier molecular flexibility index (Phi) is 5.71. The van der Waals surface area contributed by atoms with Gasteiger partial charge in [0.2, 0.25) is 5.91 Å². The maximum absolute atomic E-state index is 12.4. The minimum Gasteiger partial charge on any atom is -0.353 e. The number of piperidine rings is 1. The first-order valence-corrected chi connectivity index (χ1v) is 10.1. The zero-order chi connectivity index (χ0) is 20.2. The van der Waals surface area contributed by atoms with Gasteiger partial charge in [0.15, 0.2) is 0 Å². The van der Waals surface area contributed by atoms with Gasteiger partial charge < -0.3 is 5.32 Å². The number of rotatable bonds is 6. The Morgan fingerprint density at radius 3 is 2.10 bits per heavy atom. The predicted molar refractivity (Wildman–Crippen MR) is 109 cm³/mol. The van der Waals surface area contributed by atoms with Crippen LogP contribution in [0.4, 0.5) is 0 Å². The van der Waals surface area contributed by atoms with E-state index >= 15 is 0 Å². The van der Waals surface area contributed by atoms with Gasteiger partial charge in [0.25, 0.3) is 11.8 Å². The minimum atomic E-state index is -0.312. The van der Waals surface area contributed by atoms with Gasteiger partial charge >= 0.3 is 0 Å². The summed E-state index contributed by atoms with van der Waals surface area (Å²) in [5.41, 5.74) is 2.14.